The van der Waals surface area contributed by atoms with Gasteiger partial charge in [0.2, 0.25) is 0 Å². The molecule has 2 rings (SSSR count). The first-order valence-corrected chi connectivity index (χ1v) is 7.98. The van der Waals surface area contributed by atoms with Gasteiger partial charge in [0.15, 0.2) is 0 Å². The lowest BCUT2D eigenvalue weighted by molar-refractivity contribution is 0.437. The van der Waals surface area contributed by atoms with Crippen LogP contribution in [0.5, 0.6) is 0 Å². The minimum atomic E-state index is -3.33. The van der Waals surface area contributed by atoms with Crippen LogP contribution >= 0.6 is 27.3 Å². The molecule has 3 nitrogen and oxygen atoms in total. The summed E-state index contributed by atoms with van der Waals surface area (Å²) in [6.07, 6.45) is 3.55. The van der Waals surface area contributed by atoms with E-state index in [0.29, 0.717) is 10.8 Å². The molecule has 1 heterocycles. The fraction of sp³-hybridized carbons (Fsp3) is 0.400. The molecule has 0 unspecified atom stereocenters. The van der Waals surface area contributed by atoms with E-state index in [1.165, 1.54) is 15.6 Å². The van der Waals surface area contributed by atoms with Crippen LogP contribution in [-0.2, 0) is 10.0 Å². The van der Waals surface area contributed by atoms with Crippen molar-refractivity contribution in [3.63, 3.8) is 0 Å². The van der Waals surface area contributed by atoms with Crippen LogP contribution in [0.4, 0.5) is 0 Å². The molecule has 0 N–H and O–H groups in total. The maximum atomic E-state index is 12.3. The summed E-state index contributed by atoms with van der Waals surface area (Å²) in [7, 11) is -3.33. The molecule has 0 radical (unpaired) electrons. The van der Waals surface area contributed by atoms with Gasteiger partial charge in [0.05, 0.1) is 3.79 Å². The summed E-state index contributed by atoms with van der Waals surface area (Å²) in [6.45, 7) is 4.00. The summed E-state index contributed by atoms with van der Waals surface area (Å²) in [5, 5.41) is 0. The first-order valence-electron chi connectivity index (χ1n) is 4.94. The molecule has 0 amide bonds. The van der Waals surface area contributed by atoms with Gasteiger partial charge >= 0.3 is 0 Å². The molecule has 88 valence electrons. The smallest absolute Gasteiger partial charge is 0.206 e. The van der Waals surface area contributed by atoms with Gasteiger partial charge in [0.1, 0.15) is 4.21 Å². The van der Waals surface area contributed by atoms with Crippen LogP contribution in [-0.4, -0.2) is 25.3 Å². The van der Waals surface area contributed by atoms with Gasteiger partial charge in [-0.15, -0.1) is 17.9 Å². The largest absolute Gasteiger partial charge is 0.253 e. The standard InChI is InChI=1S/C10H12BrNO2S2/c1-2-7-12(8-3-4-8)16(13,14)10-6-5-9(11)15-10/h2,5-6,8H,1,3-4,7H2. The number of thiophene rings is 1. The highest BCUT2D eigenvalue weighted by Crippen LogP contribution is 2.35. The maximum Gasteiger partial charge on any atom is 0.253 e. The van der Waals surface area contributed by atoms with Gasteiger partial charge in [-0.05, 0) is 40.9 Å². The summed E-state index contributed by atoms with van der Waals surface area (Å²) >= 11 is 4.53. The van der Waals surface area contributed by atoms with Crippen molar-refractivity contribution in [2.75, 3.05) is 6.54 Å². The average molecular weight is 322 g/mol. The average Bonchev–Trinajstić information content (AvgIpc) is 2.96. The Morgan fingerprint density at radius 1 is 1.56 bits per heavy atom. The topological polar surface area (TPSA) is 37.4 Å². The Hall–Kier alpha value is -0.170. The molecule has 1 aliphatic carbocycles. The Balaban J connectivity index is 2.32. The second kappa shape index (κ2) is 4.60. The highest BCUT2D eigenvalue weighted by Gasteiger charge is 2.37. The van der Waals surface area contributed by atoms with Crippen molar-refractivity contribution in [1.29, 1.82) is 0 Å². The van der Waals surface area contributed by atoms with Gasteiger partial charge in [-0.1, -0.05) is 6.08 Å². The van der Waals surface area contributed by atoms with Crippen molar-refractivity contribution < 1.29 is 8.42 Å². The van der Waals surface area contributed by atoms with Gasteiger partial charge in [-0.3, -0.25) is 0 Å². The van der Waals surface area contributed by atoms with E-state index in [0.717, 1.165) is 16.6 Å². The minimum absolute atomic E-state index is 0.170. The van der Waals surface area contributed by atoms with Crippen molar-refractivity contribution in [2.24, 2.45) is 0 Å². The predicted molar refractivity (Wildman–Crippen MR) is 69.1 cm³/mol. The van der Waals surface area contributed by atoms with Gasteiger partial charge in [0, 0.05) is 12.6 Å². The summed E-state index contributed by atoms with van der Waals surface area (Å²) in [5.74, 6) is 0. The number of nitrogens with zero attached hydrogens (tertiary/aromatic N) is 1. The first-order chi connectivity index (χ1) is 7.55. The molecule has 0 aliphatic heterocycles. The molecule has 6 heteroatoms. The van der Waals surface area contributed by atoms with E-state index < -0.39 is 10.0 Å². The van der Waals surface area contributed by atoms with E-state index >= 15 is 0 Å². The minimum Gasteiger partial charge on any atom is -0.206 e. The van der Waals surface area contributed by atoms with Gasteiger partial charge in [-0.2, -0.15) is 4.31 Å². The molecule has 0 spiro atoms. The molecule has 1 fully saturated rings. The van der Waals surface area contributed by atoms with Crippen molar-refractivity contribution in [3.05, 3.63) is 28.6 Å². The third-order valence-electron chi connectivity index (χ3n) is 2.37. The van der Waals surface area contributed by atoms with E-state index in [1.54, 1.807) is 18.2 Å². The maximum absolute atomic E-state index is 12.3. The molecule has 0 aromatic carbocycles. The molecule has 0 bridgehead atoms. The Kier molecular flexibility index (Phi) is 3.53. The highest BCUT2D eigenvalue weighted by molar-refractivity contribution is 9.11. The molecule has 16 heavy (non-hydrogen) atoms. The lowest BCUT2D eigenvalue weighted by Gasteiger charge is -2.18. The Bertz CT molecular complexity index is 491. The summed E-state index contributed by atoms with van der Waals surface area (Å²) in [5.41, 5.74) is 0. The summed E-state index contributed by atoms with van der Waals surface area (Å²) in [4.78, 5) is 0. The fourth-order valence-electron chi connectivity index (χ4n) is 1.49. The third-order valence-corrected chi connectivity index (χ3v) is 6.38. The normalized spacial score (nSPS) is 16.6. The van der Waals surface area contributed by atoms with Crippen LogP contribution < -0.4 is 0 Å². The van der Waals surface area contributed by atoms with E-state index in [1.807, 2.05) is 0 Å². The van der Waals surface area contributed by atoms with Gasteiger partial charge in [-0.25, -0.2) is 8.42 Å². The van der Waals surface area contributed by atoms with Crippen molar-refractivity contribution in [1.82, 2.24) is 4.31 Å². The van der Waals surface area contributed by atoms with Crippen molar-refractivity contribution >= 4 is 37.3 Å². The molecule has 0 saturated heterocycles. The van der Waals surface area contributed by atoms with Crippen LogP contribution in [0.15, 0.2) is 32.8 Å². The third kappa shape index (κ3) is 2.40. The van der Waals surface area contributed by atoms with E-state index in [4.69, 9.17) is 0 Å². The number of halogens is 1. The molecule has 1 saturated carbocycles. The van der Waals surface area contributed by atoms with Crippen LogP contribution in [0.25, 0.3) is 0 Å². The predicted octanol–water partition coefficient (Wildman–Crippen LogP) is 2.85. The van der Waals surface area contributed by atoms with Crippen LogP contribution in [0, 0.1) is 0 Å². The van der Waals surface area contributed by atoms with Crippen LogP contribution in [0.1, 0.15) is 12.8 Å². The van der Waals surface area contributed by atoms with Gasteiger partial charge < -0.3 is 0 Å². The second-order valence-electron chi connectivity index (χ2n) is 3.65. The molecule has 1 aromatic rings. The van der Waals surface area contributed by atoms with Gasteiger partial charge in [0.25, 0.3) is 10.0 Å². The zero-order valence-corrected chi connectivity index (χ0v) is 11.8. The fourth-order valence-corrected chi connectivity index (χ4v) is 5.28. The molecule has 1 aliphatic rings. The van der Waals surface area contributed by atoms with E-state index in [9.17, 15) is 8.42 Å². The summed E-state index contributed by atoms with van der Waals surface area (Å²) in [6, 6.07) is 3.57. The molecular weight excluding hydrogens is 310 g/mol. The van der Waals surface area contributed by atoms with Crippen molar-refractivity contribution in [3.8, 4) is 0 Å². The monoisotopic (exact) mass is 321 g/mol. The van der Waals surface area contributed by atoms with Crippen molar-refractivity contribution in [2.45, 2.75) is 23.1 Å². The zero-order chi connectivity index (χ0) is 11.8. The summed E-state index contributed by atoms with van der Waals surface area (Å²) < 4.78 is 27.3. The quantitative estimate of drug-likeness (QED) is 0.782. The lowest BCUT2D eigenvalue weighted by atomic mass is 10.6. The lowest BCUT2D eigenvalue weighted by Crippen LogP contribution is -2.32. The number of hydrogen-bond acceptors (Lipinski definition) is 3. The Morgan fingerprint density at radius 2 is 2.25 bits per heavy atom. The number of rotatable bonds is 5. The molecule has 0 atom stereocenters. The number of sulfonamides is 1. The SMILES string of the molecule is C=CCN(C1CC1)S(=O)(=O)c1ccc(Br)s1. The Labute approximate surface area is 108 Å². The zero-order valence-electron chi connectivity index (χ0n) is 8.60. The number of hydrogen-bond donors (Lipinski definition) is 0. The Morgan fingerprint density at radius 3 is 2.69 bits per heavy atom. The van der Waals surface area contributed by atoms with Crippen LogP contribution in [0.2, 0.25) is 0 Å². The molecular formula is C10H12BrNO2S2. The highest BCUT2D eigenvalue weighted by atomic mass is 79.9. The van der Waals surface area contributed by atoms with E-state index in [-0.39, 0.29) is 6.04 Å². The first kappa shape index (κ1) is 12.3. The van der Waals surface area contributed by atoms with E-state index in [2.05, 4.69) is 22.5 Å². The second-order valence-corrected chi connectivity index (χ2v) is 8.23. The molecule has 1 aromatic heterocycles. The van der Waals surface area contributed by atoms with Crippen LogP contribution in [0.3, 0.4) is 0 Å².